The maximum absolute atomic E-state index is 6.33. The van der Waals surface area contributed by atoms with Crippen LogP contribution in [0.3, 0.4) is 0 Å². The number of aromatic amines is 1. The van der Waals surface area contributed by atoms with Gasteiger partial charge in [0.05, 0.1) is 0 Å². The summed E-state index contributed by atoms with van der Waals surface area (Å²) >= 11 is 0. The SMILES string of the molecule is CC(CCc1c[nH]c2ccccc12)N1CC2CCC(C1)C2N. The Balaban J connectivity index is 1.39. The first-order valence-electron chi connectivity index (χ1n) is 8.77. The molecule has 1 aliphatic heterocycles. The number of benzene rings is 1. The Labute approximate surface area is 132 Å². The van der Waals surface area contributed by atoms with Gasteiger partial charge < -0.3 is 10.7 Å². The van der Waals surface area contributed by atoms with Crippen LogP contribution in [0.25, 0.3) is 10.9 Å². The molecule has 1 saturated heterocycles. The van der Waals surface area contributed by atoms with Gasteiger partial charge in [-0.1, -0.05) is 18.2 Å². The summed E-state index contributed by atoms with van der Waals surface area (Å²) in [6.45, 7) is 4.82. The molecule has 3 nitrogen and oxygen atoms in total. The van der Waals surface area contributed by atoms with Gasteiger partial charge in [0.25, 0.3) is 0 Å². The lowest BCUT2D eigenvalue weighted by Crippen LogP contribution is -2.51. The van der Waals surface area contributed by atoms with E-state index >= 15 is 0 Å². The number of hydrogen-bond acceptors (Lipinski definition) is 2. The van der Waals surface area contributed by atoms with Crippen LogP contribution in [0.15, 0.2) is 30.5 Å². The Morgan fingerprint density at radius 3 is 2.73 bits per heavy atom. The van der Waals surface area contributed by atoms with E-state index in [2.05, 4.69) is 47.3 Å². The fourth-order valence-corrected chi connectivity index (χ4v) is 4.55. The Kier molecular flexibility index (Phi) is 3.71. The summed E-state index contributed by atoms with van der Waals surface area (Å²) in [5, 5.41) is 1.38. The van der Waals surface area contributed by atoms with E-state index in [1.165, 1.54) is 48.8 Å². The van der Waals surface area contributed by atoms with Crippen LogP contribution < -0.4 is 5.73 Å². The predicted octanol–water partition coefficient (Wildman–Crippen LogP) is 3.16. The molecule has 1 saturated carbocycles. The largest absolute Gasteiger partial charge is 0.361 e. The fraction of sp³-hybridized carbons (Fsp3) is 0.579. The second-order valence-electron chi connectivity index (χ2n) is 7.38. The van der Waals surface area contributed by atoms with Crippen molar-refractivity contribution < 1.29 is 0 Å². The lowest BCUT2D eigenvalue weighted by molar-refractivity contribution is 0.105. The first-order chi connectivity index (χ1) is 10.7. The van der Waals surface area contributed by atoms with Crippen molar-refractivity contribution in [1.82, 2.24) is 9.88 Å². The Morgan fingerprint density at radius 2 is 1.95 bits per heavy atom. The Hall–Kier alpha value is -1.32. The van der Waals surface area contributed by atoms with Crippen LogP contribution in [0.5, 0.6) is 0 Å². The summed E-state index contributed by atoms with van der Waals surface area (Å²) in [5.41, 5.74) is 9.04. The monoisotopic (exact) mass is 297 g/mol. The molecule has 1 aromatic carbocycles. The first-order valence-corrected chi connectivity index (χ1v) is 8.77. The molecule has 4 rings (SSSR count). The molecule has 3 atom stereocenters. The van der Waals surface area contributed by atoms with Gasteiger partial charge in [-0.15, -0.1) is 0 Å². The number of aryl methyl sites for hydroxylation is 1. The number of H-pyrrole nitrogens is 1. The van der Waals surface area contributed by atoms with Crippen LogP contribution in [-0.2, 0) is 6.42 Å². The molecule has 0 amide bonds. The number of fused-ring (bicyclic) bond motifs is 3. The highest BCUT2D eigenvalue weighted by Crippen LogP contribution is 2.36. The molecule has 0 radical (unpaired) electrons. The van der Waals surface area contributed by atoms with Crippen molar-refractivity contribution in [2.45, 2.75) is 44.7 Å². The molecule has 2 aromatic rings. The van der Waals surface area contributed by atoms with Crippen molar-refractivity contribution in [1.29, 1.82) is 0 Å². The van der Waals surface area contributed by atoms with E-state index in [1.54, 1.807) is 0 Å². The van der Waals surface area contributed by atoms with Crippen LogP contribution in [-0.4, -0.2) is 35.1 Å². The van der Waals surface area contributed by atoms with E-state index in [9.17, 15) is 0 Å². The quantitative estimate of drug-likeness (QED) is 0.910. The van der Waals surface area contributed by atoms with Crippen molar-refractivity contribution in [3.8, 4) is 0 Å². The minimum absolute atomic E-state index is 0.470. The van der Waals surface area contributed by atoms with Crippen LogP contribution in [0.2, 0.25) is 0 Å². The third-order valence-corrected chi connectivity index (χ3v) is 6.06. The van der Waals surface area contributed by atoms with Gasteiger partial charge >= 0.3 is 0 Å². The van der Waals surface area contributed by atoms with Crippen molar-refractivity contribution in [2.75, 3.05) is 13.1 Å². The summed E-state index contributed by atoms with van der Waals surface area (Å²) in [7, 11) is 0. The van der Waals surface area contributed by atoms with Crippen molar-refractivity contribution in [3.05, 3.63) is 36.0 Å². The number of piperidine rings is 1. The highest BCUT2D eigenvalue weighted by Gasteiger charge is 2.40. The Bertz CT molecular complexity index is 633. The third kappa shape index (κ3) is 2.46. The van der Waals surface area contributed by atoms with E-state index in [0.29, 0.717) is 12.1 Å². The normalized spacial score (nSPS) is 30.0. The highest BCUT2D eigenvalue weighted by molar-refractivity contribution is 5.82. The number of likely N-dealkylation sites (tertiary alicyclic amines) is 1. The van der Waals surface area contributed by atoms with E-state index in [4.69, 9.17) is 5.73 Å². The molecule has 1 aromatic heterocycles. The summed E-state index contributed by atoms with van der Waals surface area (Å²) in [4.78, 5) is 6.09. The van der Waals surface area contributed by atoms with Gasteiger partial charge in [-0.25, -0.2) is 0 Å². The first kappa shape index (κ1) is 14.3. The molecule has 3 heteroatoms. The summed E-state index contributed by atoms with van der Waals surface area (Å²) < 4.78 is 0. The number of nitrogens with two attached hydrogens (primary N) is 1. The highest BCUT2D eigenvalue weighted by atomic mass is 15.2. The topological polar surface area (TPSA) is 45.0 Å². The maximum atomic E-state index is 6.33. The number of hydrogen-bond donors (Lipinski definition) is 2. The zero-order valence-electron chi connectivity index (χ0n) is 13.5. The standard InChI is InChI=1S/C19H27N3/c1-13(22-11-15-8-9-16(12-22)19(15)20)6-7-14-10-21-18-5-3-2-4-17(14)18/h2-5,10,13,15-16,19,21H,6-9,11-12,20H2,1H3. The zero-order valence-corrected chi connectivity index (χ0v) is 13.5. The lowest BCUT2D eigenvalue weighted by atomic mass is 9.91. The molecule has 0 spiro atoms. The van der Waals surface area contributed by atoms with Crippen molar-refractivity contribution in [2.24, 2.45) is 17.6 Å². The average Bonchev–Trinajstić information content (AvgIpc) is 3.01. The Morgan fingerprint density at radius 1 is 1.23 bits per heavy atom. The van der Waals surface area contributed by atoms with Gasteiger partial charge in [-0.2, -0.15) is 0 Å². The second kappa shape index (κ2) is 5.71. The molecular weight excluding hydrogens is 270 g/mol. The van der Waals surface area contributed by atoms with Crippen LogP contribution in [0, 0.1) is 11.8 Å². The molecule has 1 aliphatic carbocycles. The van der Waals surface area contributed by atoms with Gasteiger partial charge in [0.15, 0.2) is 0 Å². The fourth-order valence-electron chi connectivity index (χ4n) is 4.55. The van der Waals surface area contributed by atoms with Crippen LogP contribution in [0.4, 0.5) is 0 Å². The van der Waals surface area contributed by atoms with Crippen molar-refractivity contribution in [3.63, 3.8) is 0 Å². The second-order valence-corrected chi connectivity index (χ2v) is 7.38. The van der Waals surface area contributed by atoms with Gasteiger partial charge in [0, 0.05) is 42.3 Å². The lowest BCUT2D eigenvalue weighted by Gasteiger charge is -2.39. The molecule has 118 valence electrons. The number of nitrogens with one attached hydrogen (secondary N) is 1. The number of para-hydroxylation sites is 1. The van der Waals surface area contributed by atoms with Gasteiger partial charge in [0.1, 0.15) is 0 Å². The van der Waals surface area contributed by atoms with E-state index in [0.717, 1.165) is 18.3 Å². The maximum Gasteiger partial charge on any atom is 0.0456 e. The molecule has 3 unspecified atom stereocenters. The molecule has 2 bridgehead atoms. The summed E-state index contributed by atoms with van der Waals surface area (Å²) in [6.07, 6.45) is 7.27. The van der Waals surface area contributed by atoms with E-state index in [-0.39, 0.29) is 0 Å². The van der Waals surface area contributed by atoms with E-state index < -0.39 is 0 Å². The smallest absolute Gasteiger partial charge is 0.0456 e. The molecule has 2 heterocycles. The predicted molar refractivity (Wildman–Crippen MR) is 91.8 cm³/mol. The molecule has 3 N–H and O–H groups in total. The zero-order chi connectivity index (χ0) is 15.1. The molecular formula is C19H27N3. The van der Waals surface area contributed by atoms with E-state index in [1.807, 2.05) is 0 Å². The van der Waals surface area contributed by atoms with Crippen LogP contribution in [0.1, 0.15) is 31.7 Å². The van der Waals surface area contributed by atoms with Gasteiger partial charge in [-0.05, 0) is 56.1 Å². The van der Waals surface area contributed by atoms with Crippen molar-refractivity contribution >= 4 is 10.9 Å². The third-order valence-electron chi connectivity index (χ3n) is 6.06. The minimum Gasteiger partial charge on any atom is -0.361 e. The molecule has 2 aliphatic rings. The average molecular weight is 297 g/mol. The number of rotatable bonds is 4. The molecule has 2 fully saturated rings. The number of nitrogens with zero attached hydrogens (tertiary/aromatic N) is 1. The number of aromatic nitrogens is 1. The summed E-state index contributed by atoms with van der Waals surface area (Å²) in [5.74, 6) is 1.49. The van der Waals surface area contributed by atoms with Crippen LogP contribution >= 0.6 is 0 Å². The van der Waals surface area contributed by atoms with Gasteiger partial charge in [-0.3, -0.25) is 4.90 Å². The summed E-state index contributed by atoms with van der Waals surface area (Å²) in [6, 6.07) is 9.74. The minimum atomic E-state index is 0.470. The van der Waals surface area contributed by atoms with Gasteiger partial charge in [0.2, 0.25) is 0 Å². The molecule has 22 heavy (non-hydrogen) atoms.